The average molecular weight is 1230 g/mol. The van der Waals surface area contributed by atoms with Crippen molar-refractivity contribution >= 4 is 124 Å². The Kier molecular flexibility index (Phi) is 20.2. The summed E-state index contributed by atoms with van der Waals surface area (Å²) in [4.78, 5) is 53.0. The standard InChI is InChI=1S/C22H17N3O2S.C18H17NO2S.C12H12N2OS.C10H9BrN2O2S/c1-13(26)12-28-22-11-19(24-25-22)21-9-8-20(27-21)14-6-7-16-15-4-2-3-5-17(15)23-18(16)10-14;1-12(20)11-22-17-9-18(19-10-17)15-4-3-14-8-16(21-2)6-5-13(14)7-15;1-9(15)8-16-12-7-11(13-14-12)10-5-3-2-4-6-10;1-6(14)5-16-10-4-7(12-13-10)8-2-3-9(11)15-8/h2-11,23H,12H2,1H3,(H,24,25);3-9H,10-11H2,1-2H3;2-7H,8H2,1H3,(H,13,14);2-4H,5H2,1H3,(H,12,13). The minimum Gasteiger partial charge on any atom is -0.497 e. The van der Waals surface area contributed by atoms with Crippen LogP contribution in [0, 0.1) is 0 Å². The van der Waals surface area contributed by atoms with Crippen LogP contribution in [0.25, 0.3) is 78.1 Å². The summed E-state index contributed by atoms with van der Waals surface area (Å²) in [6.07, 6.45) is 2.08. The molecule has 1 aliphatic rings. The lowest BCUT2D eigenvalue weighted by molar-refractivity contribution is -0.115. The molecule has 1 aliphatic heterocycles. The predicted octanol–water partition coefficient (Wildman–Crippen LogP) is 15.4. The molecule has 5 aromatic carbocycles. The normalized spacial score (nSPS) is 11.7. The third-order valence-electron chi connectivity index (χ3n) is 12.0. The molecule has 0 saturated heterocycles. The monoisotopic (exact) mass is 1230 g/mol. The average Bonchev–Trinajstić information content (AvgIpc) is 4.48. The number of carbonyl (C=O) groups excluding carboxylic acids is 4. The molecule has 11 aromatic rings. The van der Waals surface area contributed by atoms with Crippen LogP contribution in [0.4, 0.5) is 0 Å². The fraction of sp³-hybridized carbons (Fsp3) is 0.161. The van der Waals surface area contributed by atoms with E-state index in [4.69, 9.17) is 13.6 Å². The van der Waals surface area contributed by atoms with Crippen LogP contribution in [0.1, 0.15) is 33.3 Å². The molecular weight excluding hydrogens is 1180 g/mol. The molecule has 12 rings (SSSR count). The third kappa shape index (κ3) is 16.2. The van der Waals surface area contributed by atoms with Crippen molar-refractivity contribution in [1.29, 1.82) is 0 Å². The first-order valence-electron chi connectivity index (χ1n) is 25.6. The van der Waals surface area contributed by atoms with Crippen molar-refractivity contribution in [2.75, 3.05) is 36.7 Å². The molecule has 0 radical (unpaired) electrons. The Labute approximate surface area is 497 Å². The van der Waals surface area contributed by atoms with Gasteiger partial charge in [0.15, 0.2) is 16.2 Å². The predicted molar refractivity (Wildman–Crippen MR) is 336 cm³/mol. The molecular formula is C62H55BrN8O7S4. The number of thioether (sulfide) groups is 4. The number of ether oxygens (including phenoxy) is 1. The van der Waals surface area contributed by atoms with E-state index in [-0.39, 0.29) is 23.1 Å². The second kappa shape index (κ2) is 28.2. The summed E-state index contributed by atoms with van der Waals surface area (Å²) >= 11 is 9.09. The Morgan fingerprint density at radius 1 is 0.512 bits per heavy atom. The van der Waals surface area contributed by atoms with Gasteiger partial charge in [-0.05, 0) is 127 Å². The van der Waals surface area contributed by atoms with E-state index in [1.807, 2.05) is 91.0 Å². The van der Waals surface area contributed by atoms with E-state index >= 15 is 0 Å². The van der Waals surface area contributed by atoms with Crippen molar-refractivity contribution in [2.45, 2.75) is 42.8 Å². The van der Waals surface area contributed by atoms with E-state index < -0.39 is 0 Å². The summed E-state index contributed by atoms with van der Waals surface area (Å²) in [5.41, 5.74) is 9.00. The highest BCUT2D eigenvalue weighted by Gasteiger charge is 2.15. The molecule has 20 heteroatoms. The molecule has 0 atom stereocenters. The van der Waals surface area contributed by atoms with E-state index in [1.54, 1.807) is 46.6 Å². The number of ketones is 4. The quantitative estimate of drug-likeness (QED) is 0.0588. The second-order valence-electron chi connectivity index (χ2n) is 18.6. The number of Topliss-reactive ketones (excluding diaryl/α,β-unsaturated/α-hetero) is 4. The fourth-order valence-corrected chi connectivity index (χ4v) is 11.2. The van der Waals surface area contributed by atoms with Gasteiger partial charge in [-0.25, -0.2) is 0 Å². The van der Waals surface area contributed by atoms with Crippen molar-refractivity contribution < 1.29 is 32.7 Å². The second-order valence-corrected chi connectivity index (χ2v) is 23.5. The maximum absolute atomic E-state index is 11.1. The lowest BCUT2D eigenvalue weighted by Gasteiger charge is -2.05. The lowest BCUT2D eigenvalue weighted by Crippen LogP contribution is -1.95. The number of fused-ring (bicyclic) bond motifs is 4. The van der Waals surface area contributed by atoms with Gasteiger partial charge in [0.05, 0.1) is 48.1 Å². The van der Waals surface area contributed by atoms with Crippen LogP contribution >= 0.6 is 63.0 Å². The van der Waals surface area contributed by atoms with Gasteiger partial charge in [-0.2, -0.15) is 15.3 Å². The molecule has 0 spiro atoms. The number of rotatable bonds is 18. The van der Waals surface area contributed by atoms with E-state index in [2.05, 4.69) is 123 Å². The summed E-state index contributed by atoms with van der Waals surface area (Å²) in [6.45, 7) is 7.00. The molecule has 6 aromatic heterocycles. The summed E-state index contributed by atoms with van der Waals surface area (Å²) in [7, 11) is 1.67. The van der Waals surface area contributed by atoms with Gasteiger partial charge in [-0.15, -0.1) is 11.8 Å². The van der Waals surface area contributed by atoms with Crippen LogP contribution in [-0.2, 0) is 19.2 Å². The molecule has 0 aliphatic carbocycles. The Balaban J connectivity index is 0.000000136. The van der Waals surface area contributed by atoms with Crippen LogP contribution in [0.3, 0.4) is 0 Å². The minimum atomic E-state index is 0.127. The number of halogens is 1. The van der Waals surface area contributed by atoms with Gasteiger partial charge in [0, 0.05) is 50.0 Å². The first-order chi connectivity index (χ1) is 39.7. The Morgan fingerprint density at radius 3 is 1.68 bits per heavy atom. The number of para-hydroxylation sites is 1. The highest BCUT2D eigenvalue weighted by molar-refractivity contribution is 9.10. The molecule has 7 heterocycles. The van der Waals surface area contributed by atoms with Gasteiger partial charge in [0.1, 0.15) is 61.1 Å². The number of carbonyl (C=O) groups is 4. The van der Waals surface area contributed by atoms with E-state index in [0.29, 0.717) is 45.7 Å². The van der Waals surface area contributed by atoms with E-state index in [0.717, 1.165) is 87.4 Å². The van der Waals surface area contributed by atoms with Crippen LogP contribution < -0.4 is 4.74 Å². The largest absolute Gasteiger partial charge is 0.497 e. The fourth-order valence-electron chi connectivity index (χ4n) is 8.15. The highest BCUT2D eigenvalue weighted by atomic mass is 79.9. The SMILES string of the molecule is CC(=O)CSc1cc(-c2ccc(-c3ccc4c(c3)[nH]c3ccccc34)o2)[nH]n1.CC(=O)CSc1cc(-c2ccc(Br)o2)[nH]n1.CC(=O)CSc1cc(-c2ccccc2)[nH]n1.COc1ccc2cc(C3=NCC(SCC(C)=O)=C3)ccc2c1. The van der Waals surface area contributed by atoms with Gasteiger partial charge < -0.3 is 18.6 Å². The zero-order valence-electron chi connectivity index (χ0n) is 45.2. The van der Waals surface area contributed by atoms with Crippen LogP contribution in [0.5, 0.6) is 5.75 Å². The Hall–Kier alpha value is -7.88. The molecule has 0 fully saturated rings. The minimum absolute atomic E-state index is 0.127. The number of aromatic amines is 4. The third-order valence-corrected chi connectivity index (χ3v) is 16.8. The Bertz CT molecular complexity index is 4100. The van der Waals surface area contributed by atoms with E-state index in [9.17, 15) is 19.2 Å². The number of hydrogen-bond donors (Lipinski definition) is 4. The van der Waals surface area contributed by atoms with Gasteiger partial charge >= 0.3 is 0 Å². The van der Waals surface area contributed by atoms with Gasteiger partial charge in [0.2, 0.25) is 0 Å². The van der Waals surface area contributed by atoms with Crippen molar-refractivity contribution in [3.63, 3.8) is 0 Å². The summed E-state index contributed by atoms with van der Waals surface area (Å²) in [5, 5.41) is 28.4. The van der Waals surface area contributed by atoms with Crippen LogP contribution in [0.2, 0.25) is 0 Å². The molecule has 0 unspecified atom stereocenters. The molecule has 4 N–H and O–H groups in total. The topological polar surface area (TPSA) is 218 Å². The number of furan rings is 2. The number of H-pyrrole nitrogens is 4. The highest BCUT2D eigenvalue weighted by Crippen LogP contribution is 2.34. The van der Waals surface area contributed by atoms with Gasteiger partial charge in [0.25, 0.3) is 0 Å². The number of nitrogens with zero attached hydrogens (tertiary/aromatic N) is 4. The number of aromatic nitrogens is 7. The number of allylic oxidation sites excluding steroid dienone is 1. The zero-order chi connectivity index (χ0) is 57.5. The maximum atomic E-state index is 11.1. The smallest absolute Gasteiger partial charge is 0.169 e. The van der Waals surface area contributed by atoms with Crippen LogP contribution in [0.15, 0.2) is 196 Å². The molecule has 0 amide bonds. The molecule has 416 valence electrons. The summed E-state index contributed by atoms with van der Waals surface area (Å²) in [5.74, 6) is 5.55. The number of methoxy groups -OCH3 is 1. The van der Waals surface area contributed by atoms with Crippen molar-refractivity contribution in [3.05, 3.63) is 173 Å². The lowest BCUT2D eigenvalue weighted by atomic mass is 10.0. The first-order valence-corrected chi connectivity index (χ1v) is 30.4. The molecule has 0 saturated carbocycles. The molecule has 0 bridgehead atoms. The van der Waals surface area contributed by atoms with Gasteiger partial charge in [-0.1, -0.05) is 114 Å². The number of aliphatic imine (C=N–C) groups is 1. The molecule has 82 heavy (non-hydrogen) atoms. The van der Waals surface area contributed by atoms with Gasteiger partial charge in [-0.3, -0.25) is 39.5 Å². The first kappa shape index (κ1) is 58.8. The van der Waals surface area contributed by atoms with Crippen LogP contribution in [-0.4, -0.2) is 101 Å². The molecule has 15 nitrogen and oxygen atoms in total. The number of benzene rings is 5. The summed E-state index contributed by atoms with van der Waals surface area (Å²) < 4.78 is 17.4. The maximum Gasteiger partial charge on any atom is 0.169 e. The number of nitrogens with one attached hydrogen (secondary N) is 4. The van der Waals surface area contributed by atoms with E-state index in [1.165, 1.54) is 51.4 Å². The Morgan fingerprint density at radius 2 is 1.05 bits per heavy atom. The number of hydrogen-bond acceptors (Lipinski definition) is 15. The van der Waals surface area contributed by atoms with Crippen molar-refractivity contribution in [2.24, 2.45) is 4.99 Å². The summed E-state index contributed by atoms with van der Waals surface area (Å²) in [6, 6.07) is 50.2. The van der Waals surface area contributed by atoms with Crippen molar-refractivity contribution in [3.8, 4) is 51.2 Å². The van der Waals surface area contributed by atoms with Crippen molar-refractivity contribution in [1.82, 2.24) is 35.6 Å². The zero-order valence-corrected chi connectivity index (χ0v) is 50.1.